The lowest BCUT2D eigenvalue weighted by Gasteiger charge is -2.22. The molecule has 14 heteroatoms. The van der Waals surface area contributed by atoms with Crippen molar-refractivity contribution in [2.24, 2.45) is 4.99 Å². The largest absolute Gasteiger partial charge is 0.493 e. The summed E-state index contributed by atoms with van der Waals surface area (Å²) in [6.45, 7) is 3.20. The summed E-state index contributed by atoms with van der Waals surface area (Å²) in [5.74, 6) is -1.01. The molecular weight excluding hydrogens is 734 g/mol. The van der Waals surface area contributed by atoms with Crippen molar-refractivity contribution in [3.8, 4) is 11.5 Å². The van der Waals surface area contributed by atoms with E-state index in [4.69, 9.17) is 9.47 Å². The average Bonchev–Trinajstić information content (AvgIpc) is 3.46. The highest BCUT2D eigenvalue weighted by Crippen LogP contribution is 2.41. The lowest BCUT2D eigenvalue weighted by Crippen LogP contribution is -2.50. The van der Waals surface area contributed by atoms with Crippen LogP contribution in [0, 0.1) is 0 Å². The lowest BCUT2D eigenvalue weighted by atomic mass is 10.1. The summed E-state index contributed by atoms with van der Waals surface area (Å²) < 4.78 is 16.4. The number of carbonyl (C=O) groups excluding carboxylic acids is 5. The van der Waals surface area contributed by atoms with Gasteiger partial charge in [0.15, 0.2) is 11.5 Å². The van der Waals surface area contributed by atoms with Crippen LogP contribution in [0.5, 0.6) is 11.5 Å². The summed E-state index contributed by atoms with van der Waals surface area (Å²) in [6.07, 6.45) is 3.83. The number of rotatable bonds is 15. The molecule has 1 unspecified atom stereocenters. The predicted molar refractivity (Wildman–Crippen MR) is 200 cm³/mol. The number of halogens is 1. The van der Waals surface area contributed by atoms with E-state index in [0.29, 0.717) is 53.0 Å². The third kappa shape index (κ3) is 9.15. The number of amides is 4. The molecule has 3 N–H and O–H groups in total. The average molecular weight is 777 g/mol. The molecule has 274 valence electrons. The number of benzene rings is 3. The Kier molecular flexibility index (Phi) is 12.7. The maximum atomic E-state index is 13.7. The molecule has 0 spiro atoms. The SMILES string of the molecule is COC(=O)CCCCC(=O)N[C@@H](C)C(=O)NC(C)C(=O)Nc1cc(CBr)cc(COc2cc3c(cc2OC)C(=O)N2c4ccccc4C[C@H]2C=N3)c1. The second kappa shape index (κ2) is 17.3. The number of para-hydroxylation sites is 1. The smallest absolute Gasteiger partial charge is 0.305 e. The number of methoxy groups -OCH3 is 2. The number of carbonyl (C=O) groups is 5. The van der Waals surface area contributed by atoms with Gasteiger partial charge in [-0.25, -0.2) is 0 Å². The zero-order valence-electron chi connectivity index (χ0n) is 29.5. The van der Waals surface area contributed by atoms with Gasteiger partial charge < -0.3 is 30.2 Å². The van der Waals surface area contributed by atoms with Crippen LogP contribution < -0.4 is 30.3 Å². The molecule has 0 bridgehead atoms. The van der Waals surface area contributed by atoms with Crippen LogP contribution in [0.3, 0.4) is 0 Å². The Balaban J connectivity index is 1.19. The molecule has 13 nitrogen and oxygen atoms in total. The monoisotopic (exact) mass is 775 g/mol. The molecule has 5 rings (SSSR count). The van der Waals surface area contributed by atoms with Gasteiger partial charge in [0.05, 0.1) is 31.5 Å². The molecule has 2 aliphatic heterocycles. The van der Waals surface area contributed by atoms with Crippen LogP contribution in [0.4, 0.5) is 17.1 Å². The number of hydrogen-bond donors (Lipinski definition) is 3. The van der Waals surface area contributed by atoms with E-state index in [1.54, 1.807) is 42.3 Å². The maximum Gasteiger partial charge on any atom is 0.305 e. The van der Waals surface area contributed by atoms with E-state index >= 15 is 0 Å². The lowest BCUT2D eigenvalue weighted by molar-refractivity contribution is -0.140. The molecule has 4 amide bonds. The normalized spacial score (nSPS) is 15.3. The van der Waals surface area contributed by atoms with Crippen LogP contribution in [-0.2, 0) is 42.3 Å². The summed E-state index contributed by atoms with van der Waals surface area (Å²) in [5, 5.41) is 8.61. The minimum atomic E-state index is -0.907. The number of nitrogens with zero attached hydrogens (tertiary/aromatic N) is 2. The van der Waals surface area contributed by atoms with Crippen LogP contribution in [-0.4, -0.2) is 68.2 Å². The van der Waals surface area contributed by atoms with E-state index in [-0.39, 0.29) is 43.3 Å². The van der Waals surface area contributed by atoms with E-state index in [9.17, 15) is 24.0 Å². The van der Waals surface area contributed by atoms with E-state index in [1.807, 2.05) is 30.3 Å². The van der Waals surface area contributed by atoms with E-state index in [1.165, 1.54) is 21.1 Å². The minimum Gasteiger partial charge on any atom is -0.493 e. The van der Waals surface area contributed by atoms with Crippen molar-refractivity contribution in [2.75, 3.05) is 24.4 Å². The van der Waals surface area contributed by atoms with Gasteiger partial charge in [-0.3, -0.25) is 33.9 Å². The number of esters is 1. The fourth-order valence-electron chi connectivity index (χ4n) is 6.04. The van der Waals surface area contributed by atoms with Gasteiger partial charge in [0, 0.05) is 48.2 Å². The van der Waals surface area contributed by atoms with Gasteiger partial charge in [-0.1, -0.05) is 40.2 Å². The zero-order chi connectivity index (χ0) is 37.4. The predicted octanol–water partition coefficient (Wildman–Crippen LogP) is 5.14. The highest BCUT2D eigenvalue weighted by atomic mass is 79.9. The van der Waals surface area contributed by atoms with Crippen molar-refractivity contribution >= 4 is 68.8 Å². The summed E-state index contributed by atoms with van der Waals surface area (Å²) >= 11 is 3.48. The van der Waals surface area contributed by atoms with Crippen molar-refractivity contribution < 1.29 is 38.2 Å². The van der Waals surface area contributed by atoms with Crippen LogP contribution in [0.1, 0.15) is 66.6 Å². The first-order valence-electron chi connectivity index (χ1n) is 17.0. The highest BCUT2D eigenvalue weighted by molar-refractivity contribution is 9.08. The maximum absolute atomic E-state index is 13.7. The van der Waals surface area contributed by atoms with E-state index < -0.39 is 23.9 Å². The van der Waals surface area contributed by atoms with E-state index in [0.717, 1.165) is 22.4 Å². The standard InChI is InChI=1S/C38H42BrN5O8/c1-22(41-34(45)11-7-8-12-35(46)51-4)36(47)42-23(2)37(48)43-27-14-24(19-39)13-25(15-27)21-52-33-18-30-29(17-32(33)50-3)38(49)44-28(20-40-30)16-26-9-5-6-10-31(26)44/h5-6,9-10,13-15,17-18,20,22-23,28H,7-8,11-12,16,19,21H2,1-4H3,(H,41,45)(H,42,47)(H,43,48)/t22-,23?,28-/m0/s1. The molecule has 3 aromatic rings. The third-order valence-electron chi connectivity index (χ3n) is 8.78. The molecule has 2 heterocycles. The Labute approximate surface area is 310 Å². The van der Waals surface area contributed by atoms with Gasteiger partial charge in [0.1, 0.15) is 18.7 Å². The highest BCUT2D eigenvalue weighted by Gasteiger charge is 2.36. The van der Waals surface area contributed by atoms with Crippen molar-refractivity contribution in [1.29, 1.82) is 0 Å². The first kappa shape index (κ1) is 38.0. The summed E-state index contributed by atoms with van der Waals surface area (Å²) in [6, 6.07) is 14.8. The zero-order valence-corrected chi connectivity index (χ0v) is 31.1. The second-order valence-corrected chi connectivity index (χ2v) is 13.2. The van der Waals surface area contributed by atoms with Crippen LogP contribution in [0.15, 0.2) is 59.6 Å². The number of ether oxygens (including phenoxy) is 3. The van der Waals surface area contributed by atoms with Gasteiger partial charge in [-0.05, 0) is 67.6 Å². The third-order valence-corrected chi connectivity index (χ3v) is 9.43. The van der Waals surface area contributed by atoms with Crippen molar-refractivity contribution in [1.82, 2.24) is 10.6 Å². The number of unbranched alkanes of at least 4 members (excludes halogenated alkanes) is 1. The van der Waals surface area contributed by atoms with Gasteiger partial charge in [0.2, 0.25) is 17.7 Å². The van der Waals surface area contributed by atoms with Crippen LogP contribution in [0.2, 0.25) is 0 Å². The number of hydrogen-bond acceptors (Lipinski definition) is 9. The summed E-state index contributed by atoms with van der Waals surface area (Å²) in [5.41, 5.74) is 5.00. The van der Waals surface area contributed by atoms with E-state index in [2.05, 4.69) is 41.6 Å². The topological polar surface area (TPSA) is 165 Å². The first-order valence-corrected chi connectivity index (χ1v) is 18.1. The Morgan fingerprint density at radius 2 is 1.65 bits per heavy atom. The van der Waals surface area contributed by atoms with Crippen LogP contribution >= 0.6 is 15.9 Å². The molecule has 0 saturated heterocycles. The number of nitrogens with one attached hydrogen (secondary N) is 3. The van der Waals surface area contributed by atoms with Crippen molar-refractivity contribution in [2.45, 2.75) is 76.0 Å². The minimum absolute atomic E-state index is 0.116. The van der Waals surface area contributed by atoms with Gasteiger partial charge in [0.25, 0.3) is 5.91 Å². The molecule has 0 saturated carbocycles. The van der Waals surface area contributed by atoms with Crippen molar-refractivity contribution in [3.63, 3.8) is 0 Å². The summed E-state index contributed by atoms with van der Waals surface area (Å²) in [7, 11) is 2.82. The number of fused-ring (bicyclic) bond motifs is 4. The fraction of sp³-hybridized carbons (Fsp3) is 0.368. The Morgan fingerprint density at radius 3 is 2.40 bits per heavy atom. The van der Waals surface area contributed by atoms with Gasteiger partial charge in [-0.2, -0.15) is 0 Å². The Morgan fingerprint density at radius 1 is 0.923 bits per heavy atom. The summed E-state index contributed by atoms with van der Waals surface area (Å²) in [4.78, 5) is 69.5. The Bertz CT molecular complexity index is 1880. The first-order chi connectivity index (χ1) is 25.0. The van der Waals surface area contributed by atoms with Gasteiger partial charge >= 0.3 is 5.97 Å². The fourth-order valence-corrected chi connectivity index (χ4v) is 6.36. The molecule has 3 aromatic carbocycles. The molecule has 0 aliphatic carbocycles. The molecule has 0 fully saturated rings. The van der Waals surface area contributed by atoms with Crippen LogP contribution in [0.25, 0.3) is 0 Å². The molecular formula is C38H42BrN5O8. The Hall–Kier alpha value is -5.24. The quantitative estimate of drug-likeness (QED) is 0.109. The molecule has 0 radical (unpaired) electrons. The number of anilines is 2. The number of aliphatic imine (C=N–C) groups is 1. The van der Waals surface area contributed by atoms with Gasteiger partial charge in [-0.15, -0.1) is 0 Å². The molecule has 3 atom stereocenters. The molecule has 0 aromatic heterocycles. The molecule has 52 heavy (non-hydrogen) atoms. The van der Waals surface area contributed by atoms with Crippen molar-refractivity contribution in [3.05, 3.63) is 76.9 Å². The molecule has 2 aliphatic rings. The number of alkyl halides is 1. The second-order valence-electron chi connectivity index (χ2n) is 12.6.